The minimum absolute atomic E-state index is 0. The third kappa shape index (κ3) is 10.7. The summed E-state index contributed by atoms with van der Waals surface area (Å²) in [6.45, 7) is 1.83. The fourth-order valence-corrected chi connectivity index (χ4v) is 3.21. The van der Waals surface area contributed by atoms with Gasteiger partial charge in [0, 0.05) is 57.9 Å². The van der Waals surface area contributed by atoms with E-state index in [-0.39, 0.29) is 29.9 Å². The van der Waals surface area contributed by atoms with E-state index >= 15 is 0 Å². The predicted octanol–water partition coefficient (Wildman–Crippen LogP) is 3.55. The monoisotopic (exact) mass is 518 g/mol. The molecule has 1 aliphatic rings. The Balaban J connectivity index is 0.00000420. The van der Waals surface area contributed by atoms with Gasteiger partial charge in [0.05, 0.1) is 6.61 Å². The Bertz CT molecular complexity index is 622. The molecule has 1 aromatic carbocycles. The van der Waals surface area contributed by atoms with Crippen molar-refractivity contribution in [3.8, 4) is 5.75 Å². The molecule has 0 bridgehead atoms. The van der Waals surface area contributed by atoms with Crippen LogP contribution >= 0.6 is 24.0 Å². The van der Waals surface area contributed by atoms with Gasteiger partial charge >= 0.3 is 0 Å². The molecule has 0 aliphatic heterocycles. The van der Waals surface area contributed by atoms with E-state index in [4.69, 9.17) is 9.47 Å². The number of aliphatic imine (C=N–C) groups is 1. The molecule has 1 amide bonds. The number of anilines is 1. The van der Waals surface area contributed by atoms with Gasteiger partial charge in [0.2, 0.25) is 5.91 Å². The second-order valence-corrected chi connectivity index (χ2v) is 7.00. The maximum atomic E-state index is 12.1. The van der Waals surface area contributed by atoms with Gasteiger partial charge in [0.15, 0.2) is 5.96 Å². The Morgan fingerprint density at radius 1 is 1.21 bits per heavy atom. The Hall–Kier alpha value is -1.55. The van der Waals surface area contributed by atoms with Crippen molar-refractivity contribution >= 4 is 41.5 Å². The number of amides is 1. The molecule has 0 spiro atoms. The zero-order valence-corrected chi connectivity index (χ0v) is 19.9. The van der Waals surface area contributed by atoms with E-state index in [1.54, 1.807) is 14.2 Å². The van der Waals surface area contributed by atoms with E-state index in [0.717, 1.165) is 30.7 Å². The third-order valence-electron chi connectivity index (χ3n) is 4.70. The fourth-order valence-electron chi connectivity index (χ4n) is 3.21. The van der Waals surface area contributed by atoms with Gasteiger partial charge in [0.25, 0.3) is 0 Å². The van der Waals surface area contributed by atoms with Gasteiger partial charge in [-0.05, 0) is 25.0 Å². The lowest BCUT2D eigenvalue weighted by Crippen LogP contribution is -2.39. The Morgan fingerprint density at radius 3 is 2.72 bits per heavy atom. The summed E-state index contributed by atoms with van der Waals surface area (Å²) < 4.78 is 10.7. The van der Waals surface area contributed by atoms with Gasteiger partial charge in [-0.3, -0.25) is 9.79 Å². The van der Waals surface area contributed by atoms with Crippen LogP contribution < -0.4 is 20.7 Å². The first-order valence-electron chi connectivity index (χ1n) is 10.2. The molecule has 29 heavy (non-hydrogen) atoms. The topological polar surface area (TPSA) is 84.0 Å². The molecule has 8 heteroatoms. The van der Waals surface area contributed by atoms with Crippen LogP contribution in [-0.2, 0) is 9.53 Å². The molecule has 0 heterocycles. The summed E-state index contributed by atoms with van der Waals surface area (Å²) in [5.41, 5.74) is 0.879. The summed E-state index contributed by atoms with van der Waals surface area (Å²) in [4.78, 5) is 16.3. The zero-order valence-electron chi connectivity index (χ0n) is 17.5. The summed E-state index contributed by atoms with van der Waals surface area (Å²) in [5.74, 6) is 1.52. The van der Waals surface area contributed by atoms with E-state index in [0.29, 0.717) is 38.2 Å². The quantitative estimate of drug-likeness (QED) is 0.191. The molecular weight excluding hydrogens is 483 g/mol. The summed E-state index contributed by atoms with van der Waals surface area (Å²) in [6, 6.07) is 8.08. The normalized spacial score (nSPS) is 14.6. The van der Waals surface area contributed by atoms with Crippen LogP contribution in [-0.4, -0.2) is 51.8 Å². The number of hydrogen-bond donors (Lipinski definition) is 3. The maximum Gasteiger partial charge on any atom is 0.221 e. The molecule has 3 N–H and O–H groups in total. The molecule has 164 valence electrons. The minimum atomic E-state index is 0. The van der Waals surface area contributed by atoms with Gasteiger partial charge in [0.1, 0.15) is 5.75 Å². The number of hydrogen-bond acceptors (Lipinski definition) is 4. The van der Waals surface area contributed by atoms with Gasteiger partial charge in [-0.25, -0.2) is 0 Å². The first-order chi connectivity index (χ1) is 13.7. The molecule has 2 rings (SSSR count). The highest BCUT2D eigenvalue weighted by Gasteiger charge is 2.15. The molecule has 0 unspecified atom stereocenters. The number of benzene rings is 1. The zero-order chi connectivity index (χ0) is 20.0. The molecule has 1 aliphatic carbocycles. The number of halogens is 1. The minimum Gasteiger partial charge on any atom is -0.493 e. The molecule has 0 aromatic heterocycles. The van der Waals surface area contributed by atoms with Crippen LogP contribution in [0.25, 0.3) is 0 Å². The van der Waals surface area contributed by atoms with Gasteiger partial charge in [-0.1, -0.05) is 25.3 Å². The van der Waals surface area contributed by atoms with Crippen LogP contribution in [0.3, 0.4) is 0 Å². The molecule has 7 nitrogen and oxygen atoms in total. The molecule has 0 radical (unpaired) electrons. The van der Waals surface area contributed by atoms with Crippen LogP contribution in [0, 0.1) is 0 Å². The Kier molecular flexibility index (Phi) is 13.5. The fraction of sp³-hybridized carbons (Fsp3) is 0.619. The smallest absolute Gasteiger partial charge is 0.221 e. The van der Waals surface area contributed by atoms with E-state index in [9.17, 15) is 4.79 Å². The van der Waals surface area contributed by atoms with Crippen LogP contribution in [0.2, 0.25) is 0 Å². The van der Waals surface area contributed by atoms with E-state index in [1.165, 1.54) is 19.3 Å². The number of ether oxygens (including phenoxy) is 2. The van der Waals surface area contributed by atoms with Crippen molar-refractivity contribution in [3.63, 3.8) is 0 Å². The van der Waals surface area contributed by atoms with Crippen molar-refractivity contribution in [3.05, 3.63) is 24.3 Å². The molecule has 0 saturated heterocycles. The highest BCUT2D eigenvalue weighted by Crippen LogP contribution is 2.18. The molecule has 0 atom stereocenters. The number of nitrogens with one attached hydrogen (secondary N) is 3. The van der Waals surface area contributed by atoms with Crippen molar-refractivity contribution in [2.45, 2.75) is 51.0 Å². The predicted molar refractivity (Wildman–Crippen MR) is 128 cm³/mol. The van der Waals surface area contributed by atoms with Gasteiger partial charge < -0.3 is 25.4 Å². The Labute approximate surface area is 191 Å². The van der Waals surface area contributed by atoms with Crippen LogP contribution in [0.4, 0.5) is 5.69 Å². The van der Waals surface area contributed by atoms with E-state index in [1.807, 2.05) is 24.3 Å². The summed E-state index contributed by atoms with van der Waals surface area (Å²) in [6.07, 6.45) is 7.21. The summed E-state index contributed by atoms with van der Waals surface area (Å²) in [5, 5.41) is 9.55. The first-order valence-corrected chi connectivity index (χ1v) is 10.2. The van der Waals surface area contributed by atoms with Crippen molar-refractivity contribution in [1.82, 2.24) is 10.6 Å². The summed E-state index contributed by atoms with van der Waals surface area (Å²) in [7, 11) is 3.39. The lowest BCUT2D eigenvalue weighted by molar-refractivity contribution is -0.121. The standard InChI is InChI=1S/C21H34N4O3.HI/c1-22-21(23-13-12-20(26)24-17-8-4-3-5-9-17)25-18-10-6-11-19(16-18)28-15-7-14-27-2;/h6,10-11,16-17H,3-5,7-9,12-15H2,1-2H3,(H,24,26)(H2,22,23,25);1H. The lowest BCUT2D eigenvalue weighted by atomic mass is 9.95. The Morgan fingerprint density at radius 2 is 2.00 bits per heavy atom. The van der Waals surface area contributed by atoms with Crippen LogP contribution in [0.15, 0.2) is 29.3 Å². The third-order valence-corrected chi connectivity index (χ3v) is 4.70. The van der Waals surface area contributed by atoms with Crippen molar-refractivity contribution in [2.75, 3.05) is 39.2 Å². The number of guanidine groups is 1. The van der Waals surface area contributed by atoms with Crippen molar-refractivity contribution in [1.29, 1.82) is 0 Å². The number of rotatable bonds is 10. The first kappa shape index (κ1) is 25.5. The molecule has 1 aromatic rings. The highest BCUT2D eigenvalue weighted by molar-refractivity contribution is 14.0. The SMILES string of the molecule is CN=C(NCCC(=O)NC1CCCCC1)Nc1cccc(OCCCOC)c1.I. The second-order valence-electron chi connectivity index (χ2n) is 7.00. The number of carbonyl (C=O) groups excluding carboxylic acids is 1. The number of carbonyl (C=O) groups is 1. The average molecular weight is 518 g/mol. The largest absolute Gasteiger partial charge is 0.493 e. The lowest BCUT2D eigenvalue weighted by Gasteiger charge is -2.22. The van der Waals surface area contributed by atoms with Crippen LogP contribution in [0.1, 0.15) is 44.9 Å². The summed E-state index contributed by atoms with van der Waals surface area (Å²) >= 11 is 0. The molecule has 1 fully saturated rings. The van der Waals surface area contributed by atoms with Gasteiger partial charge in [-0.15, -0.1) is 24.0 Å². The maximum absolute atomic E-state index is 12.1. The van der Waals surface area contributed by atoms with Crippen molar-refractivity contribution < 1.29 is 14.3 Å². The second kappa shape index (κ2) is 15.3. The number of methoxy groups -OCH3 is 1. The molecule has 1 saturated carbocycles. The van der Waals surface area contributed by atoms with Crippen LogP contribution in [0.5, 0.6) is 5.75 Å². The van der Waals surface area contributed by atoms with Crippen molar-refractivity contribution in [2.24, 2.45) is 4.99 Å². The molecular formula is C21H35IN4O3. The average Bonchev–Trinajstić information content (AvgIpc) is 2.71. The van der Waals surface area contributed by atoms with Gasteiger partial charge in [-0.2, -0.15) is 0 Å². The van der Waals surface area contributed by atoms with E-state index < -0.39 is 0 Å². The number of nitrogens with zero attached hydrogens (tertiary/aromatic N) is 1. The van der Waals surface area contributed by atoms with E-state index in [2.05, 4.69) is 20.9 Å². The highest BCUT2D eigenvalue weighted by atomic mass is 127.